The van der Waals surface area contributed by atoms with Gasteiger partial charge in [0.1, 0.15) is 0 Å². The van der Waals surface area contributed by atoms with Crippen molar-refractivity contribution >= 4 is 0 Å². The minimum absolute atomic E-state index is 0.832. The van der Waals surface area contributed by atoms with E-state index in [4.69, 9.17) is 0 Å². The van der Waals surface area contributed by atoms with E-state index in [-0.39, 0.29) is 0 Å². The van der Waals surface area contributed by atoms with Gasteiger partial charge in [-0.1, -0.05) is 65.2 Å². The third-order valence-corrected chi connectivity index (χ3v) is 4.16. The number of piperidine rings is 1. The van der Waals surface area contributed by atoms with E-state index in [1.807, 2.05) is 0 Å². The maximum absolute atomic E-state index is 3.67. The molecule has 1 rings (SSSR count). The molecule has 1 aliphatic heterocycles. The van der Waals surface area contributed by atoms with E-state index < -0.39 is 0 Å². The van der Waals surface area contributed by atoms with Crippen molar-refractivity contribution < 1.29 is 0 Å². The van der Waals surface area contributed by atoms with Crippen molar-refractivity contribution in [3.05, 3.63) is 0 Å². The van der Waals surface area contributed by atoms with Crippen LogP contribution in [0.1, 0.15) is 84.5 Å². The maximum atomic E-state index is 3.67. The number of nitrogens with one attached hydrogen (secondary N) is 1. The molecule has 0 aliphatic carbocycles. The van der Waals surface area contributed by atoms with Crippen LogP contribution in [0.2, 0.25) is 0 Å². The predicted octanol–water partition coefficient (Wildman–Crippen LogP) is 4.91. The molecule has 17 heavy (non-hydrogen) atoms. The Hall–Kier alpha value is -0.0400. The van der Waals surface area contributed by atoms with Gasteiger partial charge in [0.2, 0.25) is 0 Å². The lowest BCUT2D eigenvalue weighted by Gasteiger charge is -2.28. The molecule has 0 saturated carbocycles. The summed E-state index contributed by atoms with van der Waals surface area (Å²) in [6.07, 6.45) is 15.8. The molecule has 2 unspecified atom stereocenters. The van der Waals surface area contributed by atoms with Crippen molar-refractivity contribution in [2.24, 2.45) is 5.92 Å². The molecule has 1 N–H and O–H groups in total. The summed E-state index contributed by atoms with van der Waals surface area (Å²) in [5.74, 6) is 0.954. The molecule has 0 aromatic heterocycles. The van der Waals surface area contributed by atoms with Crippen LogP contribution in [0.15, 0.2) is 0 Å². The standard InChI is InChI=1S/C16H33N/c1-3-4-5-6-7-8-9-10-11-16-14-15(2)12-13-17-16/h15-17H,3-14H2,1-2H3. The Balaban J connectivity index is 1.83. The average molecular weight is 239 g/mol. The van der Waals surface area contributed by atoms with Crippen LogP contribution in [-0.4, -0.2) is 12.6 Å². The summed E-state index contributed by atoms with van der Waals surface area (Å²) in [5, 5.41) is 3.67. The molecule has 102 valence electrons. The Morgan fingerprint density at radius 3 is 2.24 bits per heavy atom. The fourth-order valence-electron chi connectivity index (χ4n) is 2.97. The van der Waals surface area contributed by atoms with Gasteiger partial charge in [-0.15, -0.1) is 0 Å². The molecule has 0 aromatic carbocycles. The first-order valence-electron chi connectivity index (χ1n) is 8.06. The maximum Gasteiger partial charge on any atom is 0.00696 e. The zero-order chi connectivity index (χ0) is 12.3. The van der Waals surface area contributed by atoms with Gasteiger partial charge in [0, 0.05) is 6.04 Å². The van der Waals surface area contributed by atoms with E-state index in [9.17, 15) is 0 Å². The van der Waals surface area contributed by atoms with Crippen LogP contribution in [0.3, 0.4) is 0 Å². The summed E-state index contributed by atoms with van der Waals surface area (Å²) in [6.45, 7) is 5.95. The summed E-state index contributed by atoms with van der Waals surface area (Å²) >= 11 is 0. The fourth-order valence-corrected chi connectivity index (χ4v) is 2.97. The first-order chi connectivity index (χ1) is 8.33. The Labute approximate surface area is 109 Å². The van der Waals surface area contributed by atoms with Gasteiger partial charge in [-0.25, -0.2) is 0 Å². The summed E-state index contributed by atoms with van der Waals surface area (Å²) in [7, 11) is 0. The highest BCUT2D eigenvalue weighted by atomic mass is 14.9. The van der Waals surface area contributed by atoms with Gasteiger partial charge in [-0.3, -0.25) is 0 Å². The first kappa shape index (κ1) is 15.0. The van der Waals surface area contributed by atoms with Gasteiger partial charge in [-0.2, -0.15) is 0 Å². The van der Waals surface area contributed by atoms with E-state index in [1.165, 1.54) is 77.2 Å². The number of hydrogen-bond donors (Lipinski definition) is 1. The molecule has 1 heteroatoms. The minimum atomic E-state index is 0.832. The van der Waals surface area contributed by atoms with Gasteiger partial charge >= 0.3 is 0 Å². The van der Waals surface area contributed by atoms with Gasteiger partial charge in [-0.05, 0) is 31.7 Å². The summed E-state index contributed by atoms with van der Waals surface area (Å²) in [6, 6.07) is 0.832. The lowest BCUT2D eigenvalue weighted by atomic mass is 9.91. The Bertz CT molecular complexity index is 167. The topological polar surface area (TPSA) is 12.0 Å². The average Bonchev–Trinajstić information content (AvgIpc) is 2.33. The van der Waals surface area contributed by atoms with Crippen LogP contribution in [0.25, 0.3) is 0 Å². The van der Waals surface area contributed by atoms with Crippen LogP contribution in [-0.2, 0) is 0 Å². The highest BCUT2D eigenvalue weighted by Gasteiger charge is 2.17. The lowest BCUT2D eigenvalue weighted by Crippen LogP contribution is -2.37. The van der Waals surface area contributed by atoms with E-state index in [0.717, 1.165) is 12.0 Å². The lowest BCUT2D eigenvalue weighted by molar-refractivity contribution is 0.301. The summed E-state index contributed by atoms with van der Waals surface area (Å²) < 4.78 is 0. The number of hydrogen-bond acceptors (Lipinski definition) is 1. The van der Waals surface area contributed by atoms with E-state index >= 15 is 0 Å². The van der Waals surface area contributed by atoms with Crippen LogP contribution in [0, 0.1) is 5.92 Å². The molecule has 0 aromatic rings. The Morgan fingerprint density at radius 2 is 1.59 bits per heavy atom. The second-order valence-corrected chi connectivity index (χ2v) is 6.04. The molecule has 1 saturated heterocycles. The van der Waals surface area contributed by atoms with Crippen LogP contribution >= 0.6 is 0 Å². The molecule has 0 bridgehead atoms. The molecule has 2 atom stereocenters. The number of unbranched alkanes of at least 4 members (excludes halogenated alkanes) is 7. The van der Waals surface area contributed by atoms with Gasteiger partial charge in [0.25, 0.3) is 0 Å². The van der Waals surface area contributed by atoms with Crippen molar-refractivity contribution in [3.8, 4) is 0 Å². The Kier molecular flexibility index (Phi) is 8.78. The van der Waals surface area contributed by atoms with Crippen molar-refractivity contribution in [2.75, 3.05) is 6.54 Å². The van der Waals surface area contributed by atoms with Crippen LogP contribution in [0.4, 0.5) is 0 Å². The second-order valence-electron chi connectivity index (χ2n) is 6.04. The third kappa shape index (κ3) is 7.81. The van der Waals surface area contributed by atoms with Gasteiger partial charge in [0.05, 0.1) is 0 Å². The molecular formula is C16H33N. The molecular weight excluding hydrogens is 206 g/mol. The molecule has 0 spiro atoms. The monoisotopic (exact) mass is 239 g/mol. The third-order valence-electron chi connectivity index (χ3n) is 4.16. The molecule has 1 fully saturated rings. The zero-order valence-electron chi connectivity index (χ0n) is 12.1. The Morgan fingerprint density at radius 1 is 0.941 bits per heavy atom. The molecule has 1 heterocycles. The minimum Gasteiger partial charge on any atom is -0.314 e. The van der Waals surface area contributed by atoms with E-state index in [1.54, 1.807) is 0 Å². The predicted molar refractivity (Wildman–Crippen MR) is 77.4 cm³/mol. The number of rotatable bonds is 9. The van der Waals surface area contributed by atoms with Crippen molar-refractivity contribution in [3.63, 3.8) is 0 Å². The second kappa shape index (κ2) is 9.94. The normalized spacial score (nSPS) is 25.1. The van der Waals surface area contributed by atoms with Crippen LogP contribution < -0.4 is 5.32 Å². The van der Waals surface area contributed by atoms with Crippen molar-refractivity contribution in [2.45, 2.75) is 90.5 Å². The highest BCUT2D eigenvalue weighted by molar-refractivity contribution is 4.75. The first-order valence-corrected chi connectivity index (χ1v) is 8.06. The molecule has 1 aliphatic rings. The van der Waals surface area contributed by atoms with Crippen molar-refractivity contribution in [1.29, 1.82) is 0 Å². The molecule has 0 amide bonds. The molecule has 1 nitrogen and oxygen atoms in total. The largest absolute Gasteiger partial charge is 0.314 e. The van der Waals surface area contributed by atoms with Gasteiger partial charge in [0.15, 0.2) is 0 Å². The van der Waals surface area contributed by atoms with Gasteiger partial charge < -0.3 is 5.32 Å². The van der Waals surface area contributed by atoms with Crippen molar-refractivity contribution in [1.82, 2.24) is 5.32 Å². The summed E-state index contributed by atoms with van der Waals surface area (Å²) in [4.78, 5) is 0. The summed E-state index contributed by atoms with van der Waals surface area (Å²) in [5.41, 5.74) is 0. The van der Waals surface area contributed by atoms with E-state index in [2.05, 4.69) is 19.2 Å². The van der Waals surface area contributed by atoms with E-state index in [0.29, 0.717) is 0 Å². The van der Waals surface area contributed by atoms with Crippen LogP contribution in [0.5, 0.6) is 0 Å². The zero-order valence-corrected chi connectivity index (χ0v) is 12.1. The fraction of sp³-hybridized carbons (Fsp3) is 1.00. The quantitative estimate of drug-likeness (QED) is 0.564. The SMILES string of the molecule is CCCCCCCCCCC1CC(C)CCN1. The highest BCUT2D eigenvalue weighted by Crippen LogP contribution is 2.19. The molecule has 0 radical (unpaired) electrons. The smallest absolute Gasteiger partial charge is 0.00696 e.